The Morgan fingerprint density at radius 3 is 2.30 bits per heavy atom. The summed E-state index contributed by atoms with van der Waals surface area (Å²) in [5, 5.41) is 0. The molecule has 0 radical (unpaired) electrons. The van der Waals surface area contributed by atoms with Gasteiger partial charge in [-0.05, 0) is 24.1 Å². The molecule has 0 saturated carbocycles. The number of halogens is 1. The molecular formula is C15H16BrNO2S. The minimum atomic E-state index is -3.47. The number of hydrogen-bond donors (Lipinski definition) is 1. The third kappa shape index (κ3) is 3.69. The number of alkyl halides is 1. The van der Waals surface area contributed by atoms with Gasteiger partial charge in [-0.1, -0.05) is 64.5 Å². The standard InChI is InChI=1S/C15H16BrNO2S/c1-12-7-5-6-10-15(12)20(18,19)17-11-14(16)13-8-3-2-4-9-13/h2-10,14,17H,11H2,1H3. The van der Waals surface area contributed by atoms with Gasteiger partial charge in [0.2, 0.25) is 10.0 Å². The fraction of sp³-hybridized carbons (Fsp3) is 0.200. The van der Waals surface area contributed by atoms with E-state index in [1.165, 1.54) is 0 Å². The molecule has 0 aliphatic heterocycles. The molecule has 3 nitrogen and oxygen atoms in total. The monoisotopic (exact) mass is 353 g/mol. The van der Waals surface area contributed by atoms with Crippen LogP contribution in [0.1, 0.15) is 16.0 Å². The number of aryl methyl sites for hydroxylation is 1. The van der Waals surface area contributed by atoms with Crippen LogP contribution >= 0.6 is 15.9 Å². The molecule has 20 heavy (non-hydrogen) atoms. The maximum absolute atomic E-state index is 12.3. The summed E-state index contributed by atoms with van der Waals surface area (Å²) in [6.45, 7) is 2.10. The van der Waals surface area contributed by atoms with Crippen molar-refractivity contribution in [1.29, 1.82) is 0 Å². The van der Waals surface area contributed by atoms with Crippen LogP contribution in [0.2, 0.25) is 0 Å². The summed E-state index contributed by atoms with van der Waals surface area (Å²) in [6, 6.07) is 16.7. The molecule has 0 aliphatic rings. The number of benzene rings is 2. The Kier molecular flexibility index (Phi) is 4.96. The first-order chi connectivity index (χ1) is 9.50. The highest BCUT2D eigenvalue weighted by molar-refractivity contribution is 9.09. The first-order valence-electron chi connectivity index (χ1n) is 6.25. The van der Waals surface area contributed by atoms with Crippen molar-refractivity contribution < 1.29 is 8.42 Å². The molecule has 1 N–H and O–H groups in total. The molecule has 0 heterocycles. The van der Waals surface area contributed by atoms with E-state index in [1.54, 1.807) is 25.1 Å². The zero-order chi connectivity index (χ0) is 14.6. The third-order valence-electron chi connectivity index (χ3n) is 3.00. The summed E-state index contributed by atoms with van der Waals surface area (Å²) in [7, 11) is -3.47. The number of rotatable bonds is 5. The van der Waals surface area contributed by atoms with E-state index >= 15 is 0 Å². The average Bonchev–Trinajstić information content (AvgIpc) is 2.46. The van der Waals surface area contributed by atoms with Crippen LogP contribution in [0.3, 0.4) is 0 Å². The molecule has 5 heteroatoms. The fourth-order valence-electron chi connectivity index (χ4n) is 1.90. The van der Waals surface area contributed by atoms with Crippen molar-refractivity contribution in [2.75, 3.05) is 6.54 Å². The number of nitrogens with one attached hydrogen (secondary N) is 1. The Hall–Kier alpha value is -1.17. The third-order valence-corrected chi connectivity index (χ3v) is 5.43. The lowest BCUT2D eigenvalue weighted by atomic mass is 10.2. The lowest BCUT2D eigenvalue weighted by molar-refractivity contribution is 0.581. The first kappa shape index (κ1) is 15.2. The SMILES string of the molecule is Cc1ccccc1S(=O)(=O)NCC(Br)c1ccccc1. The quantitative estimate of drug-likeness (QED) is 0.837. The largest absolute Gasteiger partial charge is 0.240 e. The Balaban J connectivity index is 2.09. The maximum Gasteiger partial charge on any atom is 0.240 e. The molecule has 2 rings (SSSR count). The van der Waals surface area contributed by atoms with Crippen LogP contribution in [0.4, 0.5) is 0 Å². The summed E-state index contributed by atoms with van der Waals surface area (Å²) in [6.07, 6.45) is 0. The van der Waals surface area contributed by atoms with Crippen molar-refractivity contribution in [2.45, 2.75) is 16.6 Å². The highest BCUT2D eigenvalue weighted by Crippen LogP contribution is 2.22. The van der Waals surface area contributed by atoms with Gasteiger partial charge in [0.1, 0.15) is 0 Å². The van der Waals surface area contributed by atoms with Crippen LogP contribution in [0.25, 0.3) is 0 Å². The van der Waals surface area contributed by atoms with E-state index in [4.69, 9.17) is 0 Å². The molecule has 0 spiro atoms. The van der Waals surface area contributed by atoms with Crippen LogP contribution in [-0.4, -0.2) is 15.0 Å². The van der Waals surface area contributed by atoms with Crippen molar-refractivity contribution in [1.82, 2.24) is 4.72 Å². The molecule has 1 unspecified atom stereocenters. The Labute approximate surface area is 128 Å². The van der Waals surface area contributed by atoms with Crippen molar-refractivity contribution in [3.63, 3.8) is 0 Å². The molecule has 0 fully saturated rings. The summed E-state index contributed by atoms with van der Waals surface area (Å²) < 4.78 is 27.2. The lowest BCUT2D eigenvalue weighted by Crippen LogP contribution is -2.27. The number of sulfonamides is 1. The van der Waals surface area contributed by atoms with E-state index in [1.807, 2.05) is 36.4 Å². The Bertz CT molecular complexity index is 671. The average molecular weight is 354 g/mol. The van der Waals surface area contributed by atoms with E-state index in [9.17, 15) is 8.42 Å². The van der Waals surface area contributed by atoms with Crippen molar-refractivity contribution in [2.24, 2.45) is 0 Å². The Morgan fingerprint density at radius 1 is 1.05 bits per heavy atom. The fourth-order valence-corrected chi connectivity index (χ4v) is 3.87. The van der Waals surface area contributed by atoms with Crippen LogP contribution in [0.5, 0.6) is 0 Å². The topological polar surface area (TPSA) is 46.2 Å². The van der Waals surface area contributed by atoms with Crippen LogP contribution < -0.4 is 4.72 Å². The molecule has 0 aromatic heterocycles. The predicted octanol–water partition coefficient (Wildman–Crippen LogP) is 3.41. The van der Waals surface area contributed by atoms with Gasteiger partial charge >= 0.3 is 0 Å². The van der Waals surface area contributed by atoms with E-state index in [0.717, 1.165) is 11.1 Å². The van der Waals surface area contributed by atoms with E-state index in [-0.39, 0.29) is 4.83 Å². The summed E-state index contributed by atoms with van der Waals surface area (Å²) in [5.41, 5.74) is 1.78. The van der Waals surface area contributed by atoms with E-state index in [0.29, 0.717) is 11.4 Å². The lowest BCUT2D eigenvalue weighted by Gasteiger charge is -2.13. The van der Waals surface area contributed by atoms with E-state index < -0.39 is 10.0 Å². The molecule has 0 bridgehead atoms. The van der Waals surface area contributed by atoms with Gasteiger partial charge < -0.3 is 0 Å². The molecule has 0 saturated heterocycles. The van der Waals surface area contributed by atoms with Gasteiger partial charge in [-0.25, -0.2) is 13.1 Å². The molecule has 2 aromatic rings. The summed E-state index contributed by atoms with van der Waals surface area (Å²) >= 11 is 3.50. The number of hydrogen-bond acceptors (Lipinski definition) is 2. The summed E-state index contributed by atoms with van der Waals surface area (Å²) in [5.74, 6) is 0. The predicted molar refractivity (Wildman–Crippen MR) is 84.5 cm³/mol. The Morgan fingerprint density at radius 2 is 1.65 bits per heavy atom. The van der Waals surface area contributed by atoms with Gasteiger partial charge in [-0.2, -0.15) is 0 Å². The van der Waals surface area contributed by atoms with Gasteiger partial charge in [0.25, 0.3) is 0 Å². The highest BCUT2D eigenvalue weighted by Gasteiger charge is 2.17. The smallest absolute Gasteiger partial charge is 0.210 e. The van der Waals surface area contributed by atoms with Gasteiger partial charge in [0, 0.05) is 6.54 Å². The molecule has 106 valence electrons. The molecule has 2 aromatic carbocycles. The van der Waals surface area contributed by atoms with E-state index in [2.05, 4.69) is 20.7 Å². The minimum absolute atomic E-state index is 0.0532. The van der Waals surface area contributed by atoms with Crippen LogP contribution in [0.15, 0.2) is 59.5 Å². The second-order valence-corrected chi connectivity index (χ2v) is 7.34. The van der Waals surface area contributed by atoms with Crippen LogP contribution in [-0.2, 0) is 10.0 Å². The zero-order valence-electron chi connectivity index (χ0n) is 11.1. The van der Waals surface area contributed by atoms with Crippen LogP contribution in [0, 0.1) is 6.92 Å². The van der Waals surface area contributed by atoms with Crippen molar-refractivity contribution >= 4 is 26.0 Å². The molecule has 0 amide bonds. The second-order valence-electron chi connectivity index (χ2n) is 4.50. The minimum Gasteiger partial charge on any atom is -0.210 e. The highest BCUT2D eigenvalue weighted by atomic mass is 79.9. The van der Waals surface area contributed by atoms with Gasteiger partial charge in [0.05, 0.1) is 9.72 Å². The first-order valence-corrected chi connectivity index (χ1v) is 8.65. The maximum atomic E-state index is 12.3. The molecular weight excluding hydrogens is 338 g/mol. The van der Waals surface area contributed by atoms with Gasteiger partial charge in [-0.15, -0.1) is 0 Å². The normalized spacial score (nSPS) is 13.1. The van der Waals surface area contributed by atoms with Crippen molar-refractivity contribution in [3.05, 3.63) is 65.7 Å². The zero-order valence-corrected chi connectivity index (χ0v) is 13.5. The molecule has 1 atom stereocenters. The molecule has 0 aliphatic carbocycles. The van der Waals surface area contributed by atoms with Gasteiger partial charge in [-0.3, -0.25) is 0 Å². The second kappa shape index (κ2) is 6.52. The summed E-state index contributed by atoms with van der Waals surface area (Å²) in [4.78, 5) is 0.273. The van der Waals surface area contributed by atoms with Gasteiger partial charge in [0.15, 0.2) is 0 Å². The van der Waals surface area contributed by atoms with Crippen molar-refractivity contribution in [3.8, 4) is 0 Å².